The average Bonchev–Trinajstić information content (AvgIpc) is 2.50. The van der Waals surface area contributed by atoms with E-state index in [4.69, 9.17) is 9.84 Å². The number of carbonyl (C=O) groups excluding carboxylic acids is 2. The van der Waals surface area contributed by atoms with Gasteiger partial charge < -0.3 is 20.5 Å². The fourth-order valence-electron chi connectivity index (χ4n) is 3.13. The first kappa shape index (κ1) is 22.3. The summed E-state index contributed by atoms with van der Waals surface area (Å²) in [6, 6.07) is -0.639. The second-order valence-corrected chi connectivity index (χ2v) is 8.63. The van der Waals surface area contributed by atoms with Crippen LogP contribution in [0.4, 0.5) is 4.79 Å². The molecular weight excluding hydrogens is 336 g/mol. The highest BCUT2D eigenvalue weighted by atomic mass is 16.6. The fraction of sp³-hybridized carbons (Fsp3) is 0.842. The van der Waals surface area contributed by atoms with Gasteiger partial charge in [-0.1, -0.05) is 13.8 Å². The summed E-state index contributed by atoms with van der Waals surface area (Å²) in [5, 5.41) is 14.6. The first-order valence-electron chi connectivity index (χ1n) is 9.48. The summed E-state index contributed by atoms with van der Waals surface area (Å²) in [7, 11) is 0. The fourth-order valence-corrected chi connectivity index (χ4v) is 3.13. The molecule has 1 aliphatic carbocycles. The number of amides is 2. The Morgan fingerprint density at radius 1 is 1.12 bits per heavy atom. The van der Waals surface area contributed by atoms with Crippen LogP contribution in [0.2, 0.25) is 0 Å². The van der Waals surface area contributed by atoms with Crippen molar-refractivity contribution in [3.05, 3.63) is 0 Å². The van der Waals surface area contributed by atoms with Crippen molar-refractivity contribution < 1.29 is 24.2 Å². The Morgan fingerprint density at radius 2 is 1.69 bits per heavy atom. The van der Waals surface area contributed by atoms with Crippen molar-refractivity contribution in [3.63, 3.8) is 0 Å². The molecule has 0 aromatic heterocycles. The van der Waals surface area contributed by atoms with Gasteiger partial charge in [0.2, 0.25) is 5.91 Å². The monoisotopic (exact) mass is 370 g/mol. The zero-order valence-corrected chi connectivity index (χ0v) is 16.6. The zero-order chi connectivity index (χ0) is 19.9. The number of hydrogen-bond acceptors (Lipinski definition) is 4. The molecule has 1 aliphatic rings. The van der Waals surface area contributed by atoms with Crippen molar-refractivity contribution in [2.24, 2.45) is 17.8 Å². The molecule has 0 aromatic rings. The molecule has 2 amide bonds. The van der Waals surface area contributed by atoms with Gasteiger partial charge >= 0.3 is 12.1 Å². The van der Waals surface area contributed by atoms with Crippen LogP contribution in [0.1, 0.15) is 66.7 Å². The third-order valence-electron chi connectivity index (χ3n) is 4.48. The zero-order valence-electron chi connectivity index (χ0n) is 16.6. The van der Waals surface area contributed by atoms with Gasteiger partial charge in [0, 0.05) is 6.54 Å². The molecule has 0 heterocycles. The average molecular weight is 370 g/mol. The van der Waals surface area contributed by atoms with Crippen molar-refractivity contribution in [1.29, 1.82) is 0 Å². The summed E-state index contributed by atoms with van der Waals surface area (Å²) in [6.45, 7) is 9.82. The molecule has 1 rings (SSSR count). The van der Waals surface area contributed by atoms with Crippen LogP contribution in [-0.2, 0) is 14.3 Å². The van der Waals surface area contributed by atoms with Gasteiger partial charge in [-0.15, -0.1) is 0 Å². The Hall–Kier alpha value is -1.79. The Bertz CT molecular complexity index is 491. The molecule has 3 N–H and O–H groups in total. The smallest absolute Gasteiger partial charge is 0.408 e. The van der Waals surface area contributed by atoms with Gasteiger partial charge in [-0.3, -0.25) is 9.59 Å². The molecule has 0 radical (unpaired) electrons. The van der Waals surface area contributed by atoms with Crippen LogP contribution in [-0.4, -0.2) is 41.3 Å². The Balaban J connectivity index is 2.50. The maximum atomic E-state index is 12.5. The SMILES string of the molecule is CC(C)C[C@H](NC(=O)OC(C)(C)C)C(=O)NCC1CCC(C(=O)O)CC1. The second-order valence-electron chi connectivity index (χ2n) is 8.63. The number of carbonyl (C=O) groups is 3. The van der Waals surface area contributed by atoms with E-state index in [1.165, 1.54) is 0 Å². The van der Waals surface area contributed by atoms with Gasteiger partial charge in [-0.2, -0.15) is 0 Å². The summed E-state index contributed by atoms with van der Waals surface area (Å²) in [5.74, 6) is -0.678. The summed E-state index contributed by atoms with van der Waals surface area (Å²) in [5.41, 5.74) is -0.619. The molecule has 1 atom stereocenters. The minimum Gasteiger partial charge on any atom is -0.481 e. The molecule has 7 heteroatoms. The molecular formula is C19H34N2O5. The van der Waals surface area contributed by atoms with Crippen LogP contribution in [0.15, 0.2) is 0 Å². The van der Waals surface area contributed by atoms with Crippen molar-refractivity contribution in [2.75, 3.05) is 6.54 Å². The third kappa shape index (κ3) is 8.54. The largest absolute Gasteiger partial charge is 0.481 e. The lowest BCUT2D eigenvalue weighted by atomic mass is 9.82. The summed E-state index contributed by atoms with van der Waals surface area (Å²) in [4.78, 5) is 35.5. The Labute approximate surface area is 156 Å². The number of ether oxygens (including phenoxy) is 1. The van der Waals surface area contributed by atoms with Crippen LogP contribution >= 0.6 is 0 Å². The lowest BCUT2D eigenvalue weighted by Crippen LogP contribution is -2.49. The number of nitrogens with one attached hydrogen (secondary N) is 2. The number of carboxylic acid groups (broad SMARTS) is 1. The molecule has 7 nitrogen and oxygen atoms in total. The van der Waals surface area contributed by atoms with Gasteiger partial charge in [0.05, 0.1) is 5.92 Å². The quantitative estimate of drug-likeness (QED) is 0.639. The van der Waals surface area contributed by atoms with Crippen molar-refractivity contribution in [1.82, 2.24) is 10.6 Å². The normalized spacial score (nSPS) is 21.8. The van der Waals surface area contributed by atoms with E-state index in [9.17, 15) is 14.4 Å². The van der Waals surface area contributed by atoms with E-state index >= 15 is 0 Å². The molecule has 150 valence electrons. The number of aliphatic carboxylic acids is 1. The summed E-state index contributed by atoms with van der Waals surface area (Å²) >= 11 is 0. The van der Waals surface area contributed by atoms with E-state index in [-0.39, 0.29) is 23.7 Å². The minimum atomic E-state index is -0.731. The second kappa shape index (κ2) is 9.78. The molecule has 26 heavy (non-hydrogen) atoms. The molecule has 1 fully saturated rings. The standard InChI is InChI=1S/C19H34N2O5/c1-12(2)10-15(21-18(25)26-19(3,4)5)16(22)20-11-13-6-8-14(9-7-13)17(23)24/h12-15H,6-11H2,1-5H3,(H,20,22)(H,21,25)(H,23,24)/t13?,14?,15-/m0/s1. The molecule has 0 aliphatic heterocycles. The molecule has 0 saturated heterocycles. The Kier molecular flexibility index (Phi) is 8.37. The van der Waals surface area contributed by atoms with E-state index < -0.39 is 23.7 Å². The highest BCUT2D eigenvalue weighted by molar-refractivity contribution is 5.85. The van der Waals surface area contributed by atoms with E-state index in [2.05, 4.69) is 10.6 Å². The van der Waals surface area contributed by atoms with Crippen LogP contribution in [0.3, 0.4) is 0 Å². The number of carboxylic acids is 1. The van der Waals surface area contributed by atoms with Gasteiger partial charge in [0.25, 0.3) is 0 Å². The highest BCUT2D eigenvalue weighted by Gasteiger charge is 2.28. The van der Waals surface area contributed by atoms with E-state index in [1.807, 2.05) is 13.8 Å². The van der Waals surface area contributed by atoms with Crippen molar-refractivity contribution in [2.45, 2.75) is 78.4 Å². The number of rotatable bonds is 7. The highest BCUT2D eigenvalue weighted by Crippen LogP contribution is 2.28. The van der Waals surface area contributed by atoms with Crippen LogP contribution in [0, 0.1) is 17.8 Å². The van der Waals surface area contributed by atoms with Gasteiger partial charge in [0.1, 0.15) is 11.6 Å². The predicted octanol–water partition coefficient (Wildman–Crippen LogP) is 2.93. The molecule has 0 bridgehead atoms. The number of hydrogen-bond donors (Lipinski definition) is 3. The van der Waals surface area contributed by atoms with Crippen molar-refractivity contribution in [3.8, 4) is 0 Å². The lowest BCUT2D eigenvalue weighted by molar-refractivity contribution is -0.143. The predicted molar refractivity (Wildman–Crippen MR) is 98.7 cm³/mol. The van der Waals surface area contributed by atoms with Gasteiger partial charge in [-0.05, 0) is 64.7 Å². The molecule has 0 unspecified atom stereocenters. The van der Waals surface area contributed by atoms with Crippen LogP contribution < -0.4 is 10.6 Å². The minimum absolute atomic E-state index is 0.218. The third-order valence-corrected chi connectivity index (χ3v) is 4.48. The molecule has 0 spiro atoms. The van der Waals surface area contributed by atoms with Crippen LogP contribution in [0.25, 0.3) is 0 Å². The van der Waals surface area contributed by atoms with E-state index in [0.717, 1.165) is 12.8 Å². The first-order chi connectivity index (χ1) is 12.0. The molecule has 0 aromatic carbocycles. The molecule has 1 saturated carbocycles. The van der Waals surface area contributed by atoms with Gasteiger partial charge in [0.15, 0.2) is 0 Å². The lowest BCUT2D eigenvalue weighted by Gasteiger charge is -2.28. The summed E-state index contributed by atoms with van der Waals surface area (Å²) < 4.78 is 5.24. The first-order valence-corrected chi connectivity index (χ1v) is 9.48. The van der Waals surface area contributed by atoms with Crippen LogP contribution in [0.5, 0.6) is 0 Å². The number of alkyl carbamates (subject to hydrolysis) is 1. The maximum absolute atomic E-state index is 12.5. The van der Waals surface area contributed by atoms with Gasteiger partial charge in [-0.25, -0.2) is 4.79 Å². The van der Waals surface area contributed by atoms with Crippen molar-refractivity contribution >= 4 is 18.0 Å². The Morgan fingerprint density at radius 3 is 2.15 bits per heavy atom. The maximum Gasteiger partial charge on any atom is 0.408 e. The van der Waals surface area contributed by atoms with E-state index in [0.29, 0.717) is 25.8 Å². The summed E-state index contributed by atoms with van der Waals surface area (Å²) in [6.07, 6.45) is 2.83. The topological polar surface area (TPSA) is 105 Å². The van der Waals surface area contributed by atoms with E-state index in [1.54, 1.807) is 20.8 Å².